The highest BCUT2D eigenvalue weighted by atomic mass is 16.2. The quantitative estimate of drug-likeness (QED) is 0.845. The zero-order valence-corrected chi connectivity index (χ0v) is 12.6. The van der Waals surface area contributed by atoms with Crippen LogP contribution in [0.4, 0.5) is 0 Å². The van der Waals surface area contributed by atoms with Crippen molar-refractivity contribution in [2.45, 2.75) is 18.9 Å². The predicted molar refractivity (Wildman–Crippen MR) is 84.8 cm³/mol. The van der Waals surface area contributed by atoms with Gasteiger partial charge in [0.15, 0.2) is 0 Å². The van der Waals surface area contributed by atoms with Gasteiger partial charge in [-0.1, -0.05) is 0 Å². The summed E-state index contributed by atoms with van der Waals surface area (Å²) < 4.78 is 0. The van der Waals surface area contributed by atoms with E-state index in [0.717, 1.165) is 12.8 Å². The van der Waals surface area contributed by atoms with E-state index in [2.05, 4.69) is 20.6 Å². The van der Waals surface area contributed by atoms with Crippen molar-refractivity contribution in [2.24, 2.45) is 5.92 Å². The number of hydrogen-bond acceptors (Lipinski definition) is 4. The van der Waals surface area contributed by atoms with Crippen molar-refractivity contribution in [1.82, 2.24) is 20.6 Å². The normalized spacial score (nSPS) is 14.8. The Hall–Kier alpha value is -2.76. The van der Waals surface area contributed by atoms with Gasteiger partial charge in [0.1, 0.15) is 0 Å². The number of aromatic nitrogens is 2. The van der Waals surface area contributed by atoms with E-state index in [1.54, 1.807) is 36.7 Å². The van der Waals surface area contributed by atoms with Crippen LogP contribution in [0, 0.1) is 5.92 Å². The van der Waals surface area contributed by atoms with Gasteiger partial charge in [0, 0.05) is 37.4 Å². The van der Waals surface area contributed by atoms with Crippen molar-refractivity contribution in [2.75, 3.05) is 6.54 Å². The number of pyridine rings is 2. The molecular weight excluding hydrogens is 292 g/mol. The molecule has 1 atom stereocenters. The molecule has 0 spiro atoms. The van der Waals surface area contributed by atoms with Gasteiger partial charge in [0.05, 0.1) is 11.1 Å². The van der Waals surface area contributed by atoms with Crippen molar-refractivity contribution >= 4 is 11.8 Å². The van der Waals surface area contributed by atoms with Gasteiger partial charge in [-0.15, -0.1) is 0 Å². The first kappa shape index (κ1) is 15.1. The second kappa shape index (κ2) is 7.00. The van der Waals surface area contributed by atoms with Gasteiger partial charge in [-0.05, 0) is 43.0 Å². The minimum Gasteiger partial charge on any atom is -0.350 e. The number of hydrogen-bond donors (Lipinski definition) is 2. The molecule has 0 aliphatic heterocycles. The lowest BCUT2D eigenvalue weighted by molar-refractivity contribution is 0.0903. The first-order chi connectivity index (χ1) is 11.2. The van der Waals surface area contributed by atoms with Gasteiger partial charge in [-0.3, -0.25) is 19.6 Å². The summed E-state index contributed by atoms with van der Waals surface area (Å²) in [5, 5.41) is 5.86. The zero-order valence-electron chi connectivity index (χ0n) is 12.6. The van der Waals surface area contributed by atoms with Crippen molar-refractivity contribution in [1.29, 1.82) is 0 Å². The Morgan fingerprint density at radius 2 is 1.65 bits per heavy atom. The number of nitrogens with one attached hydrogen (secondary N) is 2. The maximum absolute atomic E-state index is 12.2. The maximum atomic E-state index is 12.2. The molecule has 0 bridgehead atoms. The molecule has 0 unspecified atom stereocenters. The van der Waals surface area contributed by atoms with Gasteiger partial charge in [-0.2, -0.15) is 0 Å². The molecule has 2 amide bonds. The molecule has 2 aromatic rings. The molecule has 1 aliphatic rings. The minimum absolute atomic E-state index is 0.0664. The molecule has 1 saturated carbocycles. The summed E-state index contributed by atoms with van der Waals surface area (Å²) in [6.07, 6.45) is 8.45. The van der Waals surface area contributed by atoms with E-state index in [0.29, 0.717) is 23.6 Å². The van der Waals surface area contributed by atoms with Crippen LogP contribution in [-0.2, 0) is 0 Å². The highest BCUT2D eigenvalue weighted by molar-refractivity contribution is 5.95. The van der Waals surface area contributed by atoms with E-state index in [1.165, 1.54) is 12.4 Å². The van der Waals surface area contributed by atoms with E-state index in [1.807, 2.05) is 0 Å². The van der Waals surface area contributed by atoms with Crippen LogP contribution in [-0.4, -0.2) is 34.4 Å². The van der Waals surface area contributed by atoms with E-state index >= 15 is 0 Å². The summed E-state index contributed by atoms with van der Waals surface area (Å²) in [6.45, 7) is 0.407. The summed E-state index contributed by atoms with van der Waals surface area (Å²) in [6, 6.07) is 6.81. The van der Waals surface area contributed by atoms with Crippen LogP contribution in [0.5, 0.6) is 0 Å². The fourth-order valence-electron chi connectivity index (χ4n) is 2.38. The molecule has 3 rings (SSSR count). The Kier molecular flexibility index (Phi) is 4.61. The molecule has 6 nitrogen and oxygen atoms in total. The number of rotatable bonds is 6. The van der Waals surface area contributed by atoms with E-state index in [4.69, 9.17) is 0 Å². The SMILES string of the molecule is O=C(NC[C@@H](NC(=O)c1cccnc1)C1CC1)c1cccnc1. The Balaban J connectivity index is 1.57. The first-order valence-corrected chi connectivity index (χ1v) is 7.63. The van der Waals surface area contributed by atoms with Crippen LogP contribution >= 0.6 is 0 Å². The van der Waals surface area contributed by atoms with Crippen molar-refractivity contribution in [3.63, 3.8) is 0 Å². The van der Waals surface area contributed by atoms with Crippen LogP contribution in [0.15, 0.2) is 49.1 Å². The second-order valence-electron chi connectivity index (χ2n) is 5.61. The van der Waals surface area contributed by atoms with Crippen molar-refractivity contribution in [3.05, 3.63) is 60.2 Å². The van der Waals surface area contributed by atoms with Crippen LogP contribution < -0.4 is 10.6 Å². The monoisotopic (exact) mass is 310 g/mol. The summed E-state index contributed by atoms with van der Waals surface area (Å²) in [5.41, 5.74) is 1.04. The fourth-order valence-corrected chi connectivity index (χ4v) is 2.38. The smallest absolute Gasteiger partial charge is 0.253 e. The summed E-state index contributed by atoms with van der Waals surface area (Å²) in [7, 11) is 0. The summed E-state index contributed by atoms with van der Waals surface area (Å²) in [4.78, 5) is 32.2. The third-order valence-electron chi connectivity index (χ3n) is 3.84. The van der Waals surface area contributed by atoms with Gasteiger partial charge in [0.25, 0.3) is 11.8 Å². The van der Waals surface area contributed by atoms with Crippen molar-refractivity contribution in [3.8, 4) is 0 Å². The second-order valence-corrected chi connectivity index (χ2v) is 5.61. The lowest BCUT2D eigenvalue weighted by Gasteiger charge is -2.19. The average molecular weight is 310 g/mol. The Labute approximate surface area is 134 Å². The average Bonchev–Trinajstić information content (AvgIpc) is 3.44. The molecule has 0 saturated heterocycles. The Bertz CT molecular complexity index is 672. The molecule has 118 valence electrons. The van der Waals surface area contributed by atoms with Crippen LogP contribution in [0.2, 0.25) is 0 Å². The minimum atomic E-state index is -0.181. The Morgan fingerprint density at radius 3 is 2.17 bits per heavy atom. The van der Waals surface area contributed by atoms with Gasteiger partial charge >= 0.3 is 0 Å². The van der Waals surface area contributed by atoms with E-state index in [9.17, 15) is 9.59 Å². The van der Waals surface area contributed by atoms with Crippen LogP contribution in [0.3, 0.4) is 0 Å². The first-order valence-electron chi connectivity index (χ1n) is 7.63. The summed E-state index contributed by atoms with van der Waals surface area (Å²) >= 11 is 0. The number of amides is 2. The van der Waals surface area contributed by atoms with Crippen LogP contribution in [0.25, 0.3) is 0 Å². The molecule has 23 heavy (non-hydrogen) atoms. The topological polar surface area (TPSA) is 84.0 Å². The molecular formula is C17H18N4O2. The van der Waals surface area contributed by atoms with E-state index in [-0.39, 0.29) is 17.9 Å². The molecule has 2 aromatic heterocycles. The van der Waals surface area contributed by atoms with Gasteiger partial charge < -0.3 is 10.6 Å². The molecule has 6 heteroatoms. The van der Waals surface area contributed by atoms with Crippen LogP contribution in [0.1, 0.15) is 33.6 Å². The van der Waals surface area contributed by atoms with Gasteiger partial charge in [-0.25, -0.2) is 0 Å². The number of nitrogens with zero attached hydrogens (tertiary/aromatic N) is 2. The van der Waals surface area contributed by atoms with Crippen molar-refractivity contribution < 1.29 is 9.59 Å². The predicted octanol–water partition coefficient (Wildman–Crippen LogP) is 1.41. The number of carbonyl (C=O) groups is 2. The maximum Gasteiger partial charge on any atom is 0.253 e. The largest absolute Gasteiger partial charge is 0.350 e. The standard InChI is InChI=1S/C17H18N4O2/c22-16(13-3-1-7-18-9-13)20-11-15(12-5-6-12)21-17(23)14-4-2-8-19-10-14/h1-4,7-10,12,15H,5-6,11H2,(H,20,22)(H,21,23)/t15-/m1/s1. The third-order valence-corrected chi connectivity index (χ3v) is 3.84. The lowest BCUT2D eigenvalue weighted by atomic mass is 10.1. The molecule has 2 heterocycles. The molecule has 2 N–H and O–H groups in total. The Morgan fingerprint density at radius 1 is 1.04 bits per heavy atom. The lowest BCUT2D eigenvalue weighted by Crippen LogP contribution is -2.45. The molecule has 0 radical (unpaired) electrons. The molecule has 1 aliphatic carbocycles. The van der Waals surface area contributed by atoms with E-state index < -0.39 is 0 Å². The molecule has 1 fully saturated rings. The highest BCUT2D eigenvalue weighted by Crippen LogP contribution is 2.32. The van der Waals surface area contributed by atoms with Gasteiger partial charge in [0.2, 0.25) is 0 Å². The third kappa shape index (κ3) is 4.12. The number of carbonyl (C=O) groups excluding carboxylic acids is 2. The zero-order chi connectivity index (χ0) is 16.1. The fraction of sp³-hybridized carbons (Fsp3) is 0.294. The highest BCUT2D eigenvalue weighted by Gasteiger charge is 2.32. The summed E-state index contributed by atoms with van der Waals surface area (Å²) in [5.74, 6) is 0.0785. The molecule has 0 aromatic carbocycles.